The van der Waals surface area contributed by atoms with Crippen molar-refractivity contribution in [3.8, 4) is 5.75 Å². The number of phenols is 1. The lowest BCUT2D eigenvalue weighted by molar-refractivity contribution is -0.120. The zero-order valence-electron chi connectivity index (χ0n) is 9.91. The molecule has 0 aliphatic heterocycles. The Morgan fingerprint density at radius 2 is 2.11 bits per heavy atom. The number of nitrogens with zero attached hydrogens (tertiary/aromatic N) is 2. The van der Waals surface area contributed by atoms with E-state index in [4.69, 9.17) is 5.11 Å². The summed E-state index contributed by atoms with van der Waals surface area (Å²) in [6.45, 7) is 1.29. The molecule has 5 nitrogen and oxygen atoms in total. The van der Waals surface area contributed by atoms with Crippen molar-refractivity contribution in [2.75, 3.05) is 6.54 Å². The fourth-order valence-corrected chi connectivity index (χ4v) is 1.61. The fourth-order valence-electron chi connectivity index (χ4n) is 1.61. The van der Waals surface area contributed by atoms with Gasteiger partial charge in [-0.2, -0.15) is 0 Å². The smallest absolute Gasteiger partial charge is 0.224 e. The molecule has 0 aliphatic carbocycles. The van der Waals surface area contributed by atoms with E-state index in [-0.39, 0.29) is 11.7 Å². The Morgan fingerprint density at radius 1 is 1.33 bits per heavy atom. The molecule has 1 aromatic heterocycles. The maximum atomic E-state index is 11.6. The Morgan fingerprint density at radius 3 is 2.78 bits per heavy atom. The lowest BCUT2D eigenvalue weighted by atomic mass is 10.1. The summed E-state index contributed by atoms with van der Waals surface area (Å²) in [5, 5.41) is 12.0. The number of phenolic OH excluding ortho intramolecular Hbond substituents is 1. The van der Waals surface area contributed by atoms with Crippen LogP contribution in [0.3, 0.4) is 0 Å². The van der Waals surface area contributed by atoms with Gasteiger partial charge in [-0.3, -0.25) is 4.79 Å². The number of rotatable bonds is 5. The minimum absolute atomic E-state index is 0.0270. The Labute approximate surface area is 105 Å². The number of carbonyl (C=O) groups is 1. The number of hydrogen-bond donors (Lipinski definition) is 2. The van der Waals surface area contributed by atoms with Crippen molar-refractivity contribution < 1.29 is 9.90 Å². The van der Waals surface area contributed by atoms with Crippen molar-refractivity contribution in [2.45, 2.75) is 13.0 Å². The number of hydrogen-bond acceptors (Lipinski definition) is 3. The van der Waals surface area contributed by atoms with Gasteiger partial charge >= 0.3 is 0 Å². The Balaban J connectivity index is 1.73. The molecule has 2 aromatic rings. The fraction of sp³-hybridized carbons (Fsp3) is 0.231. The minimum Gasteiger partial charge on any atom is -0.508 e. The van der Waals surface area contributed by atoms with Gasteiger partial charge in [0, 0.05) is 25.5 Å². The highest BCUT2D eigenvalue weighted by molar-refractivity contribution is 5.78. The van der Waals surface area contributed by atoms with E-state index in [0.29, 0.717) is 19.5 Å². The van der Waals surface area contributed by atoms with Crippen LogP contribution in [-0.2, 0) is 17.8 Å². The van der Waals surface area contributed by atoms with Crippen LogP contribution in [0.15, 0.2) is 43.0 Å². The lowest BCUT2D eigenvalue weighted by Gasteiger charge is -2.06. The van der Waals surface area contributed by atoms with Gasteiger partial charge in [-0.25, -0.2) is 4.98 Å². The van der Waals surface area contributed by atoms with Crippen LogP contribution in [0, 0.1) is 0 Å². The summed E-state index contributed by atoms with van der Waals surface area (Å²) in [6, 6.07) is 6.64. The molecule has 0 spiro atoms. The van der Waals surface area contributed by atoms with E-state index in [1.807, 2.05) is 10.8 Å². The molecular formula is C13H15N3O2. The van der Waals surface area contributed by atoms with E-state index in [0.717, 1.165) is 5.56 Å². The Bertz CT molecular complexity index is 491. The minimum atomic E-state index is -0.0270. The predicted octanol–water partition coefficient (Wildman–Crippen LogP) is 0.948. The van der Waals surface area contributed by atoms with Gasteiger partial charge in [-0.15, -0.1) is 0 Å². The van der Waals surface area contributed by atoms with Gasteiger partial charge in [-0.1, -0.05) is 12.1 Å². The van der Waals surface area contributed by atoms with E-state index in [1.165, 1.54) is 0 Å². The molecule has 0 aliphatic rings. The number of imidazole rings is 1. The number of aromatic hydroxyl groups is 1. The van der Waals surface area contributed by atoms with Gasteiger partial charge in [0.15, 0.2) is 0 Å². The van der Waals surface area contributed by atoms with Crippen LogP contribution in [0.5, 0.6) is 5.75 Å². The van der Waals surface area contributed by atoms with Crippen LogP contribution >= 0.6 is 0 Å². The van der Waals surface area contributed by atoms with Gasteiger partial charge in [0.2, 0.25) is 5.91 Å². The number of aromatic nitrogens is 2. The first kappa shape index (κ1) is 12.2. The Hall–Kier alpha value is -2.30. The van der Waals surface area contributed by atoms with E-state index in [1.54, 1.807) is 36.8 Å². The summed E-state index contributed by atoms with van der Waals surface area (Å²) in [5.41, 5.74) is 0.882. The van der Waals surface area contributed by atoms with Crippen LogP contribution in [0.25, 0.3) is 0 Å². The van der Waals surface area contributed by atoms with E-state index in [9.17, 15) is 4.79 Å². The first-order valence-corrected chi connectivity index (χ1v) is 5.74. The maximum absolute atomic E-state index is 11.6. The molecule has 94 valence electrons. The standard InChI is InChI=1S/C13H15N3O2/c17-12-3-1-11(2-4-12)9-13(18)15-6-8-16-7-5-14-10-16/h1-5,7,10,17H,6,8-9H2,(H,15,18). The normalized spacial score (nSPS) is 10.2. The first-order valence-electron chi connectivity index (χ1n) is 5.74. The van der Waals surface area contributed by atoms with Gasteiger partial charge in [0.1, 0.15) is 5.75 Å². The highest BCUT2D eigenvalue weighted by Crippen LogP contribution is 2.09. The largest absolute Gasteiger partial charge is 0.508 e. The third-order valence-corrected chi connectivity index (χ3v) is 2.55. The first-order chi connectivity index (χ1) is 8.74. The molecule has 2 rings (SSSR count). The molecular weight excluding hydrogens is 230 g/mol. The summed E-state index contributed by atoms with van der Waals surface area (Å²) in [6.07, 6.45) is 5.60. The van der Waals surface area contributed by atoms with Crippen molar-refractivity contribution in [3.63, 3.8) is 0 Å². The van der Waals surface area contributed by atoms with Crippen molar-refractivity contribution >= 4 is 5.91 Å². The highest BCUT2D eigenvalue weighted by Gasteiger charge is 2.02. The molecule has 0 atom stereocenters. The number of carbonyl (C=O) groups excluding carboxylic acids is 1. The summed E-state index contributed by atoms with van der Waals surface area (Å²) < 4.78 is 1.90. The van der Waals surface area contributed by atoms with Crippen LogP contribution in [0.4, 0.5) is 0 Å². The number of amides is 1. The summed E-state index contributed by atoms with van der Waals surface area (Å²) in [4.78, 5) is 15.5. The number of benzene rings is 1. The third kappa shape index (κ3) is 3.62. The van der Waals surface area contributed by atoms with E-state index < -0.39 is 0 Å². The zero-order chi connectivity index (χ0) is 12.8. The van der Waals surface area contributed by atoms with Gasteiger partial charge in [-0.05, 0) is 17.7 Å². The molecule has 1 amide bonds. The Kier molecular flexibility index (Phi) is 3.96. The molecule has 0 unspecified atom stereocenters. The van der Waals surface area contributed by atoms with Crippen LogP contribution in [-0.4, -0.2) is 27.1 Å². The van der Waals surface area contributed by atoms with E-state index >= 15 is 0 Å². The second-order valence-electron chi connectivity index (χ2n) is 3.99. The maximum Gasteiger partial charge on any atom is 0.224 e. The van der Waals surface area contributed by atoms with Crippen molar-refractivity contribution in [1.82, 2.24) is 14.9 Å². The zero-order valence-corrected chi connectivity index (χ0v) is 9.91. The molecule has 0 saturated carbocycles. The van der Waals surface area contributed by atoms with Gasteiger partial charge < -0.3 is 15.0 Å². The summed E-state index contributed by atoms with van der Waals surface area (Å²) in [7, 11) is 0. The molecule has 0 bridgehead atoms. The van der Waals surface area contributed by atoms with Crippen molar-refractivity contribution in [1.29, 1.82) is 0 Å². The lowest BCUT2D eigenvalue weighted by Crippen LogP contribution is -2.28. The molecule has 1 heterocycles. The molecule has 5 heteroatoms. The molecule has 1 aromatic carbocycles. The van der Waals surface area contributed by atoms with Crippen LogP contribution in [0.2, 0.25) is 0 Å². The topological polar surface area (TPSA) is 67.2 Å². The van der Waals surface area contributed by atoms with Gasteiger partial charge in [0.25, 0.3) is 0 Å². The average Bonchev–Trinajstić information content (AvgIpc) is 2.85. The number of nitrogens with one attached hydrogen (secondary N) is 1. The van der Waals surface area contributed by atoms with Gasteiger partial charge in [0.05, 0.1) is 12.7 Å². The quantitative estimate of drug-likeness (QED) is 0.824. The second kappa shape index (κ2) is 5.86. The molecule has 18 heavy (non-hydrogen) atoms. The summed E-state index contributed by atoms with van der Waals surface area (Å²) in [5.74, 6) is 0.181. The highest BCUT2D eigenvalue weighted by atomic mass is 16.3. The molecule has 0 saturated heterocycles. The SMILES string of the molecule is O=C(Cc1ccc(O)cc1)NCCn1ccnc1. The third-order valence-electron chi connectivity index (χ3n) is 2.55. The monoisotopic (exact) mass is 245 g/mol. The van der Waals surface area contributed by atoms with E-state index in [2.05, 4.69) is 10.3 Å². The van der Waals surface area contributed by atoms with Crippen LogP contribution in [0.1, 0.15) is 5.56 Å². The van der Waals surface area contributed by atoms with Crippen molar-refractivity contribution in [3.05, 3.63) is 48.5 Å². The average molecular weight is 245 g/mol. The molecule has 0 fully saturated rings. The molecule has 0 radical (unpaired) electrons. The van der Waals surface area contributed by atoms with Crippen molar-refractivity contribution in [2.24, 2.45) is 0 Å². The summed E-state index contributed by atoms with van der Waals surface area (Å²) >= 11 is 0. The predicted molar refractivity (Wildman–Crippen MR) is 67.0 cm³/mol. The molecule has 2 N–H and O–H groups in total. The van der Waals surface area contributed by atoms with Crippen LogP contribution < -0.4 is 5.32 Å². The second-order valence-corrected chi connectivity index (χ2v) is 3.99.